The van der Waals surface area contributed by atoms with Crippen molar-refractivity contribution in [1.82, 2.24) is 4.90 Å². The second kappa shape index (κ2) is 5.59. The molecule has 1 N–H and O–H groups in total. The predicted molar refractivity (Wildman–Crippen MR) is 69.9 cm³/mol. The molecule has 0 amide bonds. The van der Waals surface area contributed by atoms with E-state index in [1.54, 1.807) is 19.2 Å². The number of ether oxygens (including phenoxy) is 2. The minimum Gasteiger partial charge on any atom is -0.508 e. The monoisotopic (exact) mass is 251 g/mol. The van der Waals surface area contributed by atoms with Crippen molar-refractivity contribution in [1.29, 1.82) is 0 Å². The maximum absolute atomic E-state index is 9.88. The van der Waals surface area contributed by atoms with Crippen LogP contribution in [-0.2, 0) is 11.3 Å². The Morgan fingerprint density at radius 1 is 1.33 bits per heavy atom. The maximum Gasteiger partial charge on any atom is 0.120 e. The number of benzene rings is 1. The summed E-state index contributed by atoms with van der Waals surface area (Å²) >= 11 is 0. The fourth-order valence-electron chi connectivity index (χ4n) is 2.47. The summed E-state index contributed by atoms with van der Waals surface area (Å²) in [6.45, 7) is 6.66. The molecule has 2 rings (SSSR count). The van der Waals surface area contributed by atoms with E-state index in [-0.39, 0.29) is 12.2 Å². The standard InChI is InChI=1S/C14H21NO3/c1-10-7-15(8-11(2)18-10)9-12-6-13(17-3)4-5-14(12)16/h4-6,10-11,16H,7-9H2,1-3H3/t10-,11+. The van der Waals surface area contributed by atoms with Crippen molar-refractivity contribution < 1.29 is 14.6 Å². The first-order chi connectivity index (χ1) is 8.58. The van der Waals surface area contributed by atoms with Gasteiger partial charge >= 0.3 is 0 Å². The summed E-state index contributed by atoms with van der Waals surface area (Å²) < 4.78 is 10.9. The molecule has 0 radical (unpaired) electrons. The van der Waals surface area contributed by atoms with Crippen LogP contribution in [-0.4, -0.2) is 42.4 Å². The molecule has 1 aromatic carbocycles. The average Bonchev–Trinajstić information content (AvgIpc) is 2.30. The number of hydrogen-bond acceptors (Lipinski definition) is 4. The molecule has 4 heteroatoms. The Labute approximate surface area is 108 Å². The Morgan fingerprint density at radius 3 is 2.61 bits per heavy atom. The Kier molecular flexibility index (Phi) is 4.09. The lowest BCUT2D eigenvalue weighted by Crippen LogP contribution is -2.44. The number of phenolic OH excluding ortho intramolecular Hbond substituents is 1. The van der Waals surface area contributed by atoms with Crippen molar-refractivity contribution >= 4 is 0 Å². The van der Waals surface area contributed by atoms with Gasteiger partial charge < -0.3 is 14.6 Å². The number of phenols is 1. The fraction of sp³-hybridized carbons (Fsp3) is 0.571. The van der Waals surface area contributed by atoms with E-state index in [9.17, 15) is 5.11 Å². The predicted octanol–water partition coefficient (Wildman–Crippen LogP) is 2.01. The van der Waals surface area contributed by atoms with E-state index < -0.39 is 0 Å². The molecule has 1 aliphatic heterocycles. The molecule has 4 nitrogen and oxygen atoms in total. The third-order valence-corrected chi connectivity index (χ3v) is 3.18. The van der Waals surface area contributed by atoms with Gasteiger partial charge in [0.25, 0.3) is 0 Å². The minimum absolute atomic E-state index is 0.238. The number of methoxy groups -OCH3 is 1. The first-order valence-corrected chi connectivity index (χ1v) is 6.32. The fourth-order valence-corrected chi connectivity index (χ4v) is 2.47. The first kappa shape index (κ1) is 13.2. The zero-order valence-electron chi connectivity index (χ0n) is 11.2. The Hall–Kier alpha value is -1.26. The van der Waals surface area contributed by atoms with E-state index in [0.717, 1.165) is 30.9 Å². The van der Waals surface area contributed by atoms with Gasteiger partial charge in [-0.1, -0.05) is 0 Å². The molecule has 0 aromatic heterocycles. The van der Waals surface area contributed by atoms with E-state index in [1.165, 1.54) is 0 Å². The van der Waals surface area contributed by atoms with Gasteiger partial charge in [0, 0.05) is 25.2 Å². The summed E-state index contributed by atoms with van der Waals surface area (Å²) in [5.74, 6) is 1.10. The molecule has 1 fully saturated rings. The van der Waals surface area contributed by atoms with Gasteiger partial charge in [-0.05, 0) is 32.0 Å². The lowest BCUT2D eigenvalue weighted by Gasteiger charge is -2.35. The largest absolute Gasteiger partial charge is 0.508 e. The summed E-state index contributed by atoms with van der Waals surface area (Å²) in [6.07, 6.45) is 0.475. The van der Waals surface area contributed by atoms with Gasteiger partial charge in [-0.2, -0.15) is 0 Å². The normalized spacial score (nSPS) is 25.1. The number of aromatic hydroxyl groups is 1. The van der Waals surface area contributed by atoms with Gasteiger partial charge in [0.1, 0.15) is 11.5 Å². The van der Waals surface area contributed by atoms with Crippen molar-refractivity contribution in [2.24, 2.45) is 0 Å². The molecule has 2 atom stereocenters. The third kappa shape index (κ3) is 3.15. The third-order valence-electron chi connectivity index (χ3n) is 3.18. The first-order valence-electron chi connectivity index (χ1n) is 6.32. The van der Waals surface area contributed by atoms with Gasteiger partial charge in [0.05, 0.1) is 19.3 Å². The van der Waals surface area contributed by atoms with Crippen molar-refractivity contribution in [3.8, 4) is 11.5 Å². The van der Waals surface area contributed by atoms with Gasteiger partial charge in [0.15, 0.2) is 0 Å². The molecule has 18 heavy (non-hydrogen) atoms. The van der Waals surface area contributed by atoms with Crippen molar-refractivity contribution in [3.05, 3.63) is 23.8 Å². The van der Waals surface area contributed by atoms with E-state index in [0.29, 0.717) is 5.75 Å². The number of rotatable bonds is 3. The number of morpholine rings is 1. The zero-order valence-corrected chi connectivity index (χ0v) is 11.2. The number of hydrogen-bond donors (Lipinski definition) is 1. The highest BCUT2D eigenvalue weighted by atomic mass is 16.5. The van der Waals surface area contributed by atoms with Crippen molar-refractivity contribution in [2.75, 3.05) is 20.2 Å². The minimum atomic E-state index is 0.238. The highest BCUT2D eigenvalue weighted by Gasteiger charge is 2.22. The Balaban J connectivity index is 2.08. The topological polar surface area (TPSA) is 41.9 Å². The van der Waals surface area contributed by atoms with Crippen LogP contribution in [0.1, 0.15) is 19.4 Å². The van der Waals surface area contributed by atoms with Crippen LogP contribution >= 0.6 is 0 Å². The van der Waals surface area contributed by atoms with E-state index in [4.69, 9.17) is 9.47 Å². The van der Waals surface area contributed by atoms with Crippen LogP contribution in [0.15, 0.2) is 18.2 Å². The summed E-state index contributed by atoms with van der Waals surface area (Å²) in [5, 5.41) is 9.88. The molecule has 1 saturated heterocycles. The van der Waals surface area contributed by atoms with E-state index in [2.05, 4.69) is 18.7 Å². The molecule has 0 unspecified atom stereocenters. The van der Waals surface area contributed by atoms with Crippen LogP contribution in [0.25, 0.3) is 0 Å². The van der Waals surface area contributed by atoms with Crippen LogP contribution in [0, 0.1) is 0 Å². The highest BCUT2D eigenvalue weighted by Crippen LogP contribution is 2.25. The van der Waals surface area contributed by atoms with Crippen molar-refractivity contribution in [3.63, 3.8) is 0 Å². The molecule has 0 spiro atoms. The molecular weight excluding hydrogens is 230 g/mol. The van der Waals surface area contributed by atoms with Crippen LogP contribution in [0.2, 0.25) is 0 Å². The summed E-state index contributed by atoms with van der Waals surface area (Å²) in [4.78, 5) is 2.30. The second-order valence-corrected chi connectivity index (χ2v) is 4.95. The van der Waals surface area contributed by atoms with Crippen LogP contribution in [0.4, 0.5) is 0 Å². The molecule has 0 saturated carbocycles. The van der Waals surface area contributed by atoms with Crippen LogP contribution in [0.5, 0.6) is 11.5 Å². The van der Waals surface area contributed by atoms with Gasteiger partial charge in [0.2, 0.25) is 0 Å². The average molecular weight is 251 g/mol. The smallest absolute Gasteiger partial charge is 0.120 e. The molecule has 100 valence electrons. The molecule has 1 aromatic rings. The maximum atomic E-state index is 9.88. The molecule has 0 aliphatic carbocycles. The van der Waals surface area contributed by atoms with Gasteiger partial charge in [-0.3, -0.25) is 4.90 Å². The second-order valence-electron chi connectivity index (χ2n) is 4.95. The number of nitrogens with zero attached hydrogens (tertiary/aromatic N) is 1. The van der Waals surface area contributed by atoms with Gasteiger partial charge in [-0.25, -0.2) is 0 Å². The Morgan fingerprint density at radius 2 is 2.00 bits per heavy atom. The SMILES string of the molecule is COc1ccc(O)c(CN2C[C@@H](C)O[C@@H](C)C2)c1. The van der Waals surface area contributed by atoms with Crippen molar-refractivity contribution in [2.45, 2.75) is 32.6 Å². The molecule has 1 heterocycles. The quantitative estimate of drug-likeness (QED) is 0.892. The molecule has 1 aliphatic rings. The molecule has 0 bridgehead atoms. The Bertz CT molecular complexity index is 398. The lowest BCUT2D eigenvalue weighted by molar-refractivity contribution is -0.0706. The summed E-state index contributed by atoms with van der Waals surface area (Å²) in [6, 6.07) is 5.34. The molecular formula is C14H21NO3. The van der Waals surface area contributed by atoms with Gasteiger partial charge in [-0.15, -0.1) is 0 Å². The summed E-state index contributed by atoms with van der Waals surface area (Å²) in [5.41, 5.74) is 0.899. The van der Waals surface area contributed by atoms with E-state index >= 15 is 0 Å². The van der Waals surface area contributed by atoms with Crippen LogP contribution < -0.4 is 4.74 Å². The van der Waals surface area contributed by atoms with E-state index in [1.807, 2.05) is 6.07 Å². The van der Waals surface area contributed by atoms with Crippen LogP contribution in [0.3, 0.4) is 0 Å². The highest BCUT2D eigenvalue weighted by molar-refractivity contribution is 5.39. The lowest BCUT2D eigenvalue weighted by atomic mass is 10.1. The zero-order chi connectivity index (χ0) is 13.1. The summed E-state index contributed by atoms with van der Waals surface area (Å²) in [7, 11) is 1.63.